The summed E-state index contributed by atoms with van der Waals surface area (Å²) >= 11 is 7.38. The summed E-state index contributed by atoms with van der Waals surface area (Å²) < 4.78 is 0.773. The maximum absolute atomic E-state index is 5.83. The van der Waals surface area contributed by atoms with Gasteiger partial charge in [0.2, 0.25) is 0 Å². The van der Waals surface area contributed by atoms with Gasteiger partial charge >= 0.3 is 0 Å². The molecule has 0 aliphatic carbocycles. The molecular formula is C12H21ClN2S. The van der Waals surface area contributed by atoms with Crippen molar-refractivity contribution in [3.8, 4) is 0 Å². The predicted molar refractivity (Wildman–Crippen MR) is 72.1 cm³/mol. The lowest BCUT2D eigenvalue weighted by molar-refractivity contribution is 0.419. The van der Waals surface area contributed by atoms with Crippen LogP contribution in [-0.4, -0.2) is 11.5 Å². The molecule has 1 aromatic heterocycles. The smallest absolute Gasteiger partial charge is 0.113 e. The van der Waals surface area contributed by atoms with E-state index in [-0.39, 0.29) is 0 Å². The molecule has 1 heterocycles. The SMILES string of the molecule is CCCCC(CC)CNCc1ncc(Cl)s1. The summed E-state index contributed by atoms with van der Waals surface area (Å²) in [6.07, 6.45) is 6.93. The normalized spacial score (nSPS) is 12.9. The highest BCUT2D eigenvalue weighted by atomic mass is 35.5. The molecule has 0 amide bonds. The van der Waals surface area contributed by atoms with E-state index in [4.69, 9.17) is 11.6 Å². The van der Waals surface area contributed by atoms with Gasteiger partial charge in [0.05, 0.1) is 6.20 Å². The largest absolute Gasteiger partial charge is 0.310 e. The Hall–Kier alpha value is -0.120. The third kappa shape index (κ3) is 5.28. The van der Waals surface area contributed by atoms with Gasteiger partial charge < -0.3 is 5.32 Å². The monoisotopic (exact) mass is 260 g/mol. The van der Waals surface area contributed by atoms with Crippen molar-refractivity contribution in [2.75, 3.05) is 6.54 Å². The van der Waals surface area contributed by atoms with Crippen molar-refractivity contribution in [2.24, 2.45) is 5.92 Å². The van der Waals surface area contributed by atoms with Crippen molar-refractivity contribution in [2.45, 2.75) is 46.1 Å². The van der Waals surface area contributed by atoms with Crippen LogP contribution in [0.5, 0.6) is 0 Å². The molecule has 1 aromatic rings. The zero-order valence-electron chi connectivity index (χ0n) is 10.1. The zero-order valence-corrected chi connectivity index (χ0v) is 11.7. The summed E-state index contributed by atoms with van der Waals surface area (Å²) in [5.74, 6) is 0.801. The number of hydrogen-bond acceptors (Lipinski definition) is 3. The fourth-order valence-electron chi connectivity index (χ4n) is 1.70. The van der Waals surface area contributed by atoms with Gasteiger partial charge in [0.1, 0.15) is 9.34 Å². The molecular weight excluding hydrogens is 240 g/mol. The molecule has 0 aromatic carbocycles. The van der Waals surface area contributed by atoms with Gasteiger partial charge in [-0.25, -0.2) is 4.98 Å². The van der Waals surface area contributed by atoms with Crippen LogP contribution in [0, 0.1) is 5.92 Å². The standard InChI is InChI=1S/C12H21ClN2S/c1-3-5-6-10(4-2)7-14-9-12-15-8-11(13)16-12/h8,10,14H,3-7,9H2,1-2H3. The number of thiazole rings is 1. The number of aromatic nitrogens is 1. The van der Waals surface area contributed by atoms with Crippen molar-refractivity contribution in [3.63, 3.8) is 0 Å². The van der Waals surface area contributed by atoms with Crippen LogP contribution in [0.1, 0.15) is 44.5 Å². The Kier molecular flexibility index (Phi) is 7.01. The minimum atomic E-state index is 0.773. The summed E-state index contributed by atoms with van der Waals surface area (Å²) in [7, 11) is 0. The van der Waals surface area contributed by atoms with Gasteiger partial charge in [-0.1, -0.05) is 44.7 Å². The van der Waals surface area contributed by atoms with Gasteiger partial charge in [-0.15, -0.1) is 11.3 Å². The van der Waals surface area contributed by atoms with E-state index < -0.39 is 0 Å². The molecule has 0 saturated heterocycles. The second kappa shape index (κ2) is 8.04. The molecule has 0 aliphatic heterocycles. The lowest BCUT2D eigenvalue weighted by Crippen LogP contribution is -2.22. The van der Waals surface area contributed by atoms with Crippen LogP contribution >= 0.6 is 22.9 Å². The first-order valence-corrected chi connectivity index (χ1v) is 7.26. The minimum absolute atomic E-state index is 0.773. The Morgan fingerprint density at radius 3 is 2.88 bits per heavy atom. The van der Waals surface area contributed by atoms with Gasteiger partial charge in [-0.05, 0) is 18.9 Å². The average molecular weight is 261 g/mol. The quantitative estimate of drug-likeness (QED) is 0.761. The minimum Gasteiger partial charge on any atom is -0.310 e. The highest BCUT2D eigenvalue weighted by molar-refractivity contribution is 7.15. The first kappa shape index (κ1) is 13.9. The number of halogens is 1. The van der Waals surface area contributed by atoms with E-state index >= 15 is 0 Å². The summed E-state index contributed by atoms with van der Waals surface area (Å²) in [5.41, 5.74) is 0. The number of unbranched alkanes of at least 4 members (excludes halogenated alkanes) is 1. The number of nitrogens with one attached hydrogen (secondary N) is 1. The lowest BCUT2D eigenvalue weighted by atomic mass is 9.99. The van der Waals surface area contributed by atoms with Crippen LogP contribution in [0.2, 0.25) is 4.34 Å². The molecule has 2 nitrogen and oxygen atoms in total. The molecule has 92 valence electrons. The molecule has 16 heavy (non-hydrogen) atoms. The van der Waals surface area contributed by atoms with Crippen LogP contribution in [0.15, 0.2) is 6.20 Å². The van der Waals surface area contributed by atoms with E-state index in [9.17, 15) is 0 Å². The topological polar surface area (TPSA) is 24.9 Å². The zero-order chi connectivity index (χ0) is 11.8. The van der Waals surface area contributed by atoms with Gasteiger partial charge in [0, 0.05) is 6.54 Å². The molecule has 1 rings (SSSR count). The Morgan fingerprint density at radius 1 is 1.50 bits per heavy atom. The molecule has 1 N–H and O–H groups in total. The Labute approximate surface area is 107 Å². The van der Waals surface area contributed by atoms with E-state index in [2.05, 4.69) is 24.1 Å². The first-order chi connectivity index (χ1) is 7.76. The molecule has 0 radical (unpaired) electrons. The van der Waals surface area contributed by atoms with Crippen LogP contribution in [0.25, 0.3) is 0 Å². The van der Waals surface area contributed by atoms with Crippen LogP contribution in [0.4, 0.5) is 0 Å². The highest BCUT2D eigenvalue weighted by Gasteiger charge is 2.06. The van der Waals surface area contributed by atoms with E-state index in [0.29, 0.717) is 0 Å². The van der Waals surface area contributed by atoms with Crippen molar-refractivity contribution in [1.29, 1.82) is 0 Å². The Balaban J connectivity index is 2.17. The fraction of sp³-hybridized carbons (Fsp3) is 0.750. The van der Waals surface area contributed by atoms with Crippen molar-refractivity contribution in [1.82, 2.24) is 10.3 Å². The lowest BCUT2D eigenvalue weighted by Gasteiger charge is -2.14. The molecule has 4 heteroatoms. The molecule has 0 saturated carbocycles. The predicted octanol–water partition coefficient (Wildman–Crippen LogP) is 4.10. The Bertz CT molecular complexity index is 288. The maximum Gasteiger partial charge on any atom is 0.113 e. The van der Waals surface area contributed by atoms with Gasteiger partial charge in [-0.3, -0.25) is 0 Å². The third-order valence-electron chi connectivity index (χ3n) is 2.78. The fourth-order valence-corrected chi connectivity index (χ4v) is 2.62. The molecule has 0 spiro atoms. The molecule has 0 aliphatic rings. The summed E-state index contributed by atoms with van der Waals surface area (Å²) in [4.78, 5) is 4.22. The van der Waals surface area contributed by atoms with Crippen LogP contribution < -0.4 is 5.32 Å². The summed E-state index contributed by atoms with van der Waals surface area (Å²) in [5, 5.41) is 4.54. The van der Waals surface area contributed by atoms with E-state index in [0.717, 1.165) is 28.4 Å². The number of hydrogen-bond donors (Lipinski definition) is 1. The average Bonchev–Trinajstić information content (AvgIpc) is 2.69. The molecule has 1 atom stereocenters. The van der Waals surface area contributed by atoms with Crippen molar-refractivity contribution in [3.05, 3.63) is 15.5 Å². The second-order valence-corrected chi connectivity index (χ2v) is 5.85. The summed E-state index contributed by atoms with van der Waals surface area (Å²) in [6, 6.07) is 0. The Morgan fingerprint density at radius 2 is 2.31 bits per heavy atom. The van der Waals surface area contributed by atoms with Crippen LogP contribution in [0.3, 0.4) is 0 Å². The third-order valence-corrected chi connectivity index (χ3v) is 3.89. The molecule has 1 unspecified atom stereocenters. The maximum atomic E-state index is 5.83. The highest BCUT2D eigenvalue weighted by Crippen LogP contribution is 2.18. The number of nitrogens with zero attached hydrogens (tertiary/aromatic N) is 1. The van der Waals surface area contributed by atoms with E-state index in [1.165, 1.54) is 25.7 Å². The first-order valence-electron chi connectivity index (χ1n) is 6.07. The number of rotatable bonds is 8. The van der Waals surface area contributed by atoms with Gasteiger partial charge in [-0.2, -0.15) is 0 Å². The van der Waals surface area contributed by atoms with Gasteiger partial charge in [0.15, 0.2) is 0 Å². The van der Waals surface area contributed by atoms with E-state index in [1.807, 2.05) is 0 Å². The summed E-state index contributed by atoms with van der Waals surface area (Å²) in [6.45, 7) is 6.45. The molecule has 0 bridgehead atoms. The van der Waals surface area contributed by atoms with Gasteiger partial charge in [0.25, 0.3) is 0 Å². The van der Waals surface area contributed by atoms with Crippen LogP contribution in [-0.2, 0) is 6.54 Å². The van der Waals surface area contributed by atoms with Crippen molar-refractivity contribution >= 4 is 22.9 Å². The second-order valence-electron chi connectivity index (χ2n) is 4.11. The van der Waals surface area contributed by atoms with E-state index in [1.54, 1.807) is 17.5 Å². The molecule has 0 fully saturated rings. The van der Waals surface area contributed by atoms with Crippen molar-refractivity contribution < 1.29 is 0 Å².